The lowest BCUT2D eigenvalue weighted by molar-refractivity contribution is 0.409. The van der Waals surface area contributed by atoms with Gasteiger partial charge in [0.25, 0.3) is 0 Å². The minimum atomic E-state index is 0.526. The smallest absolute Gasteiger partial charge is 0.191 e. The molecule has 0 aliphatic rings. The highest BCUT2D eigenvalue weighted by Crippen LogP contribution is 2.17. The topological polar surface area (TPSA) is 58.8 Å². The Labute approximate surface area is 150 Å². The van der Waals surface area contributed by atoms with Gasteiger partial charge in [-0.3, -0.25) is 4.99 Å². The minimum Gasteiger partial charge on any atom is -0.496 e. The molecule has 0 atom stereocenters. The fourth-order valence-electron chi connectivity index (χ4n) is 2.43. The Hall–Kier alpha value is -2.43. The lowest BCUT2D eigenvalue weighted by Gasteiger charge is -2.14. The van der Waals surface area contributed by atoms with Gasteiger partial charge in [0, 0.05) is 26.1 Å². The maximum atomic E-state index is 5.40. The van der Waals surface area contributed by atoms with E-state index in [-0.39, 0.29) is 0 Å². The number of aliphatic imine (C=N–C) groups is 1. The zero-order valence-electron chi connectivity index (χ0n) is 15.4. The molecule has 5 heteroatoms. The fourth-order valence-corrected chi connectivity index (χ4v) is 2.43. The summed E-state index contributed by atoms with van der Waals surface area (Å²) in [7, 11) is 1.71. The van der Waals surface area contributed by atoms with Gasteiger partial charge in [0.2, 0.25) is 0 Å². The molecule has 136 valence electrons. The molecule has 0 radical (unpaired) electrons. The first kappa shape index (κ1) is 18.9. The van der Waals surface area contributed by atoms with E-state index in [0.29, 0.717) is 5.92 Å². The second-order valence-electron chi connectivity index (χ2n) is 6.33. The van der Waals surface area contributed by atoms with E-state index in [4.69, 9.17) is 9.15 Å². The maximum Gasteiger partial charge on any atom is 0.191 e. The van der Waals surface area contributed by atoms with Crippen LogP contribution in [0.5, 0.6) is 5.75 Å². The predicted octanol–water partition coefficient (Wildman–Crippen LogP) is 3.26. The average molecular weight is 343 g/mol. The number of benzene rings is 1. The summed E-state index contributed by atoms with van der Waals surface area (Å²) in [6.07, 6.45) is 3.42. The van der Waals surface area contributed by atoms with Crippen molar-refractivity contribution < 1.29 is 9.15 Å². The summed E-state index contributed by atoms with van der Waals surface area (Å²) in [6, 6.07) is 12.0. The van der Waals surface area contributed by atoms with E-state index in [0.717, 1.165) is 49.9 Å². The Morgan fingerprint density at radius 3 is 2.52 bits per heavy atom. The summed E-state index contributed by atoms with van der Waals surface area (Å²) in [6.45, 7) is 6.71. The van der Waals surface area contributed by atoms with Gasteiger partial charge in [0.15, 0.2) is 5.96 Å². The largest absolute Gasteiger partial charge is 0.496 e. The van der Waals surface area contributed by atoms with Crippen molar-refractivity contribution in [3.05, 3.63) is 54.0 Å². The van der Waals surface area contributed by atoms with Crippen LogP contribution in [-0.4, -0.2) is 32.7 Å². The van der Waals surface area contributed by atoms with Gasteiger partial charge in [0.05, 0.1) is 13.4 Å². The molecule has 1 aromatic heterocycles. The monoisotopic (exact) mass is 343 g/mol. The molecule has 0 spiro atoms. The Morgan fingerprint density at radius 1 is 1.08 bits per heavy atom. The number of para-hydroxylation sites is 1. The summed E-state index contributed by atoms with van der Waals surface area (Å²) in [5.74, 6) is 3.27. The SMILES string of the molecule is COc1ccccc1CCNC(=NCC(C)C)NCCc1ccco1. The molecule has 2 aromatic rings. The van der Waals surface area contributed by atoms with Gasteiger partial charge < -0.3 is 19.8 Å². The zero-order valence-corrected chi connectivity index (χ0v) is 15.4. The van der Waals surface area contributed by atoms with E-state index in [9.17, 15) is 0 Å². The maximum absolute atomic E-state index is 5.40. The van der Waals surface area contributed by atoms with Gasteiger partial charge in [0.1, 0.15) is 11.5 Å². The van der Waals surface area contributed by atoms with Crippen LogP contribution < -0.4 is 15.4 Å². The number of hydrogen-bond donors (Lipinski definition) is 2. The third kappa shape index (κ3) is 6.91. The predicted molar refractivity (Wildman–Crippen MR) is 102 cm³/mol. The molecule has 0 aliphatic carbocycles. The van der Waals surface area contributed by atoms with Crippen LogP contribution in [0, 0.1) is 5.92 Å². The van der Waals surface area contributed by atoms with Crippen LogP contribution in [0.4, 0.5) is 0 Å². The molecule has 0 bridgehead atoms. The summed E-state index contributed by atoms with van der Waals surface area (Å²) < 4.78 is 10.8. The number of guanidine groups is 1. The Kier molecular flexibility index (Phi) is 7.89. The molecule has 2 rings (SSSR count). The van der Waals surface area contributed by atoms with Gasteiger partial charge in [-0.1, -0.05) is 32.0 Å². The van der Waals surface area contributed by atoms with Gasteiger partial charge >= 0.3 is 0 Å². The van der Waals surface area contributed by atoms with E-state index in [1.807, 2.05) is 30.3 Å². The first-order chi connectivity index (χ1) is 12.2. The second kappa shape index (κ2) is 10.4. The number of ether oxygens (including phenoxy) is 1. The van der Waals surface area contributed by atoms with Gasteiger partial charge in [-0.15, -0.1) is 0 Å². The molecule has 0 aliphatic heterocycles. The minimum absolute atomic E-state index is 0.526. The standard InChI is InChI=1S/C20H29N3O2/c1-16(2)15-23-20(22-13-11-18-8-6-14-25-18)21-12-10-17-7-4-5-9-19(17)24-3/h4-9,14,16H,10-13,15H2,1-3H3,(H2,21,22,23). The van der Waals surface area contributed by atoms with Crippen molar-refractivity contribution in [1.82, 2.24) is 10.6 Å². The fraction of sp³-hybridized carbons (Fsp3) is 0.450. The zero-order chi connectivity index (χ0) is 17.9. The summed E-state index contributed by atoms with van der Waals surface area (Å²) in [5, 5.41) is 6.78. The van der Waals surface area contributed by atoms with Crippen molar-refractivity contribution in [2.24, 2.45) is 10.9 Å². The molecule has 2 N–H and O–H groups in total. The Bertz CT molecular complexity index is 636. The van der Waals surface area contributed by atoms with Crippen molar-refractivity contribution >= 4 is 5.96 Å². The second-order valence-corrected chi connectivity index (χ2v) is 6.33. The molecule has 0 saturated heterocycles. The van der Waals surface area contributed by atoms with Crippen molar-refractivity contribution in [2.75, 3.05) is 26.7 Å². The van der Waals surface area contributed by atoms with E-state index in [1.165, 1.54) is 5.56 Å². The van der Waals surface area contributed by atoms with Crippen molar-refractivity contribution in [3.63, 3.8) is 0 Å². The third-order valence-corrected chi connectivity index (χ3v) is 3.74. The normalized spacial score (nSPS) is 11.6. The Balaban J connectivity index is 1.83. The Morgan fingerprint density at radius 2 is 1.84 bits per heavy atom. The lowest BCUT2D eigenvalue weighted by atomic mass is 10.1. The van der Waals surface area contributed by atoms with Crippen molar-refractivity contribution in [1.29, 1.82) is 0 Å². The van der Waals surface area contributed by atoms with E-state index in [2.05, 4.69) is 35.5 Å². The number of nitrogens with zero attached hydrogens (tertiary/aromatic N) is 1. The quantitative estimate of drug-likeness (QED) is 0.542. The summed E-state index contributed by atoms with van der Waals surface area (Å²) in [5.41, 5.74) is 1.19. The first-order valence-corrected chi connectivity index (χ1v) is 8.85. The first-order valence-electron chi connectivity index (χ1n) is 8.85. The number of nitrogens with one attached hydrogen (secondary N) is 2. The number of methoxy groups -OCH3 is 1. The van der Waals surface area contributed by atoms with Crippen LogP contribution in [0.3, 0.4) is 0 Å². The number of furan rings is 1. The molecular formula is C20H29N3O2. The summed E-state index contributed by atoms with van der Waals surface area (Å²) >= 11 is 0. The van der Waals surface area contributed by atoms with Crippen molar-refractivity contribution in [3.8, 4) is 5.75 Å². The average Bonchev–Trinajstić information content (AvgIpc) is 3.13. The molecular weight excluding hydrogens is 314 g/mol. The molecule has 5 nitrogen and oxygen atoms in total. The van der Waals surface area contributed by atoms with E-state index < -0.39 is 0 Å². The highest BCUT2D eigenvalue weighted by atomic mass is 16.5. The lowest BCUT2D eigenvalue weighted by Crippen LogP contribution is -2.39. The number of rotatable bonds is 9. The molecule has 0 saturated carbocycles. The van der Waals surface area contributed by atoms with E-state index >= 15 is 0 Å². The molecule has 0 fully saturated rings. The summed E-state index contributed by atoms with van der Waals surface area (Å²) in [4.78, 5) is 4.65. The van der Waals surface area contributed by atoms with Crippen LogP contribution >= 0.6 is 0 Å². The highest BCUT2D eigenvalue weighted by Gasteiger charge is 2.04. The van der Waals surface area contributed by atoms with E-state index in [1.54, 1.807) is 13.4 Å². The van der Waals surface area contributed by atoms with Crippen LogP contribution in [0.15, 0.2) is 52.1 Å². The molecule has 1 aromatic carbocycles. The third-order valence-electron chi connectivity index (χ3n) is 3.74. The number of hydrogen-bond acceptors (Lipinski definition) is 3. The molecule has 1 heterocycles. The molecule has 0 unspecified atom stereocenters. The van der Waals surface area contributed by atoms with Gasteiger partial charge in [-0.05, 0) is 36.1 Å². The van der Waals surface area contributed by atoms with Crippen LogP contribution in [0.1, 0.15) is 25.2 Å². The van der Waals surface area contributed by atoms with Crippen LogP contribution in [0.2, 0.25) is 0 Å². The van der Waals surface area contributed by atoms with Crippen LogP contribution in [0.25, 0.3) is 0 Å². The highest BCUT2D eigenvalue weighted by molar-refractivity contribution is 5.79. The van der Waals surface area contributed by atoms with Crippen LogP contribution in [-0.2, 0) is 12.8 Å². The van der Waals surface area contributed by atoms with Gasteiger partial charge in [-0.25, -0.2) is 0 Å². The molecule has 0 amide bonds. The van der Waals surface area contributed by atoms with Gasteiger partial charge in [-0.2, -0.15) is 0 Å². The van der Waals surface area contributed by atoms with Crippen molar-refractivity contribution in [2.45, 2.75) is 26.7 Å². The molecule has 25 heavy (non-hydrogen) atoms.